The van der Waals surface area contributed by atoms with Gasteiger partial charge in [-0.1, -0.05) is 24.3 Å². The van der Waals surface area contributed by atoms with Crippen molar-refractivity contribution in [3.63, 3.8) is 0 Å². The van der Waals surface area contributed by atoms with Crippen molar-refractivity contribution < 1.29 is 8.78 Å². The second-order valence-electron chi connectivity index (χ2n) is 4.72. The highest BCUT2D eigenvalue weighted by molar-refractivity contribution is 7.11. The SMILES string of the molecule is NC(c1ccc(C(F)F)cc1)c1nc2c(s1)CCC2. The first-order valence-corrected chi connectivity index (χ1v) is 7.09. The van der Waals surface area contributed by atoms with E-state index in [0.29, 0.717) is 0 Å². The molecule has 2 N–H and O–H groups in total. The molecule has 1 aliphatic carbocycles. The minimum absolute atomic E-state index is 0.0255. The number of aryl methyl sites for hydroxylation is 2. The van der Waals surface area contributed by atoms with E-state index in [1.54, 1.807) is 23.5 Å². The molecule has 3 rings (SSSR count). The first-order chi connectivity index (χ1) is 9.15. The number of thiazole rings is 1. The fourth-order valence-electron chi connectivity index (χ4n) is 2.33. The quantitative estimate of drug-likeness (QED) is 0.932. The summed E-state index contributed by atoms with van der Waals surface area (Å²) >= 11 is 1.65. The van der Waals surface area contributed by atoms with Crippen molar-refractivity contribution in [2.45, 2.75) is 31.7 Å². The Labute approximate surface area is 114 Å². The van der Waals surface area contributed by atoms with E-state index >= 15 is 0 Å². The van der Waals surface area contributed by atoms with E-state index < -0.39 is 6.43 Å². The number of nitrogens with two attached hydrogens (primary N) is 1. The molecule has 0 saturated heterocycles. The normalized spacial score (nSPS) is 15.8. The highest BCUT2D eigenvalue weighted by Crippen LogP contribution is 2.32. The van der Waals surface area contributed by atoms with Crippen LogP contribution in [0.4, 0.5) is 8.78 Å². The van der Waals surface area contributed by atoms with Crippen molar-refractivity contribution in [1.29, 1.82) is 0 Å². The molecule has 0 fully saturated rings. The number of aromatic nitrogens is 1. The summed E-state index contributed by atoms with van der Waals surface area (Å²) in [7, 11) is 0. The molecule has 1 unspecified atom stereocenters. The van der Waals surface area contributed by atoms with Crippen molar-refractivity contribution in [3.05, 3.63) is 51.0 Å². The third-order valence-electron chi connectivity index (χ3n) is 3.43. The molecule has 1 aliphatic rings. The summed E-state index contributed by atoms with van der Waals surface area (Å²) in [6.07, 6.45) is 0.855. The number of halogens is 2. The average Bonchev–Trinajstić information content (AvgIpc) is 2.98. The second kappa shape index (κ2) is 4.98. The molecule has 1 aromatic carbocycles. The minimum Gasteiger partial charge on any atom is -0.318 e. The molecule has 0 aliphatic heterocycles. The average molecular weight is 280 g/mol. The van der Waals surface area contributed by atoms with E-state index in [-0.39, 0.29) is 11.6 Å². The van der Waals surface area contributed by atoms with Crippen LogP contribution in [-0.2, 0) is 12.8 Å². The maximum atomic E-state index is 12.5. The van der Waals surface area contributed by atoms with Gasteiger partial charge in [-0.25, -0.2) is 13.8 Å². The van der Waals surface area contributed by atoms with Crippen molar-refractivity contribution in [3.8, 4) is 0 Å². The minimum atomic E-state index is -2.44. The lowest BCUT2D eigenvalue weighted by atomic mass is 10.1. The summed E-state index contributed by atoms with van der Waals surface area (Å²) in [4.78, 5) is 5.90. The zero-order chi connectivity index (χ0) is 13.4. The van der Waals surface area contributed by atoms with Crippen molar-refractivity contribution in [2.75, 3.05) is 0 Å². The van der Waals surface area contributed by atoms with Crippen LogP contribution in [0.1, 0.15) is 45.6 Å². The smallest absolute Gasteiger partial charge is 0.263 e. The third-order valence-corrected chi connectivity index (χ3v) is 4.67. The van der Waals surface area contributed by atoms with Gasteiger partial charge in [0.15, 0.2) is 0 Å². The predicted molar refractivity (Wildman–Crippen MR) is 71.6 cm³/mol. The Balaban J connectivity index is 1.84. The van der Waals surface area contributed by atoms with E-state index in [1.807, 2.05) is 0 Å². The number of fused-ring (bicyclic) bond motifs is 1. The van der Waals surface area contributed by atoms with Gasteiger partial charge in [-0.15, -0.1) is 11.3 Å². The number of benzene rings is 1. The zero-order valence-corrected chi connectivity index (χ0v) is 11.1. The second-order valence-corrected chi connectivity index (χ2v) is 5.84. The van der Waals surface area contributed by atoms with Gasteiger partial charge in [0.05, 0.1) is 11.7 Å². The fraction of sp³-hybridized carbons (Fsp3) is 0.357. The molecular weight excluding hydrogens is 266 g/mol. The Bertz CT molecular complexity index is 556. The Hall–Kier alpha value is -1.33. The van der Waals surface area contributed by atoms with Crippen LogP contribution in [0.3, 0.4) is 0 Å². The highest BCUT2D eigenvalue weighted by Gasteiger charge is 2.21. The summed E-state index contributed by atoms with van der Waals surface area (Å²) in [6, 6.07) is 5.88. The van der Waals surface area contributed by atoms with Crippen LogP contribution in [0, 0.1) is 0 Å². The highest BCUT2D eigenvalue weighted by atomic mass is 32.1. The molecular formula is C14H14F2N2S. The summed E-state index contributed by atoms with van der Waals surface area (Å²) in [6.45, 7) is 0. The van der Waals surface area contributed by atoms with Crippen molar-refractivity contribution in [2.24, 2.45) is 5.73 Å². The summed E-state index contributed by atoms with van der Waals surface area (Å²) < 4.78 is 25.0. The van der Waals surface area contributed by atoms with Crippen LogP contribution in [0.25, 0.3) is 0 Å². The topological polar surface area (TPSA) is 38.9 Å². The largest absolute Gasteiger partial charge is 0.318 e. The number of nitrogens with zero attached hydrogens (tertiary/aromatic N) is 1. The predicted octanol–water partition coefficient (Wildman–Crippen LogP) is 3.62. The van der Waals surface area contributed by atoms with Crippen LogP contribution in [-0.4, -0.2) is 4.98 Å². The van der Waals surface area contributed by atoms with Crippen LogP contribution in [0.15, 0.2) is 24.3 Å². The molecule has 2 aromatic rings. The van der Waals surface area contributed by atoms with Crippen LogP contribution < -0.4 is 5.73 Å². The van der Waals surface area contributed by atoms with E-state index in [4.69, 9.17) is 5.73 Å². The lowest BCUT2D eigenvalue weighted by Crippen LogP contribution is -2.11. The molecule has 0 spiro atoms. The molecule has 1 heterocycles. The van der Waals surface area contributed by atoms with Gasteiger partial charge in [0, 0.05) is 10.4 Å². The molecule has 0 radical (unpaired) electrons. The maximum absolute atomic E-state index is 12.5. The van der Waals surface area contributed by atoms with Crippen LogP contribution >= 0.6 is 11.3 Å². The van der Waals surface area contributed by atoms with Crippen LogP contribution in [0.5, 0.6) is 0 Å². The van der Waals surface area contributed by atoms with Crippen molar-refractivity contribution in [1.82, 2.24) is 4.98 Å². The van der Waals surface area contributed by atoms with E-state index in [1.165, 1.54) is 29.1 Å². The Morgan fingerprint density at radius 1 is 1.11 bits per heavy atom. The number of hydrogen-bond donors (Lipinski definition) is 1. The van der Waals surface area contributed by atoms with Crippen LogP contribution in [0.2, 0.25) is 0 Å². The zero-order valence-electron chi connectivity index (χ0n) is 10.3. The van der Waals surface area contributed by atoms with Gasteiger partial charge >= 0.3 is 0 Å². The fourth-order valence-corrected chi connectivity index (χ4v) is 3.52. The van der Waals surface area contributed by atoms with Gasteiger partial charge in [0.25, 0.3) is 6.43 Å². The number of rotatable bonds is 3. The van der Waals surface area contributed by atoms with Gasteiger partial charge in [0.1, 0.15) is 5.01 Å². The van der Waals surface area contributed by atoms with E-state index in [0.717, 1.165) is 23.4 Å². The molecule has 5 heteroatoms. The van der Waals surface area contributed by atoms with Gasteiger partial charge in [0.2, 0.25) is 0 Å². The van der Waals surface area contributed by atoms with Gasteiger partial charge in [-0.3, -0.25) is 0 Å². The molecule has 19 heavy (non-hydrogen) atoms. The standard InChI is InChI=1S/C14H14F2N2S/c15-13(16)9-6-4-8(5-7-9)12(17)14-18-10-2-1-3-11(10)19-14/h4-7,12-13H,1-3,17H2. The van der Waals surface area contributed by atoms with E-state index in [9.17, 15) is 8.78 Å². The van der Waals surface area contributed by atoms with Gasteiger partial charge in [-0.05, 0) is 24.8 Å². The Kier molecular flexibility index (Phi) is 3.33. The molecule has 1 atom stereocenters. The number of hydrogen-bond acceptors (Lipinski definition) is 3. The first-order valence-electron chi connectivity index (χ1n) is 6.27. The molecule has 2 nitrogen and oxygen atoms in total. The molecule has 100 valence electrons. The summed E-state index contributed by atoms with van der Waals surface area (Å²) in [5.41, 5.74) is 8.19. The monoisotopic (exact) mass is 280 g/mol. The van der Waals surface area contributed by atoms with Gasteiger partial charge in [-0.2, -0.15) is 0 Å². The Morgan fingerprint density at radius 3 is 2.42 bits per heavy atom. The lowest BCUT2D eigenvalue weighted by Gasteiger charge is -2.10. The Morgan fingerprint density at radius 2 is 1.79 bits per heavy atom. The lowest BCUT2D eigenvalue weighted by molar-refractivity contribution is 0.151. The first kappa shape index (κ1) is 12.7. The van der Waals surface area contributed by atoms with Gasteiger partial charge < -0.3 is 5.73 Å². The van der Waals surface area contributed by atoms with Crippen molar-refractivity contribution >= 4 is 11.3 Å². The summed E-state index contributed by atoms with van der Waals surface area (Å²) in [5.74, 6) is 0. The third kappa shape index (κ3) is 2.40. The molecule has 1 aromatic heterocycles. The summed E-state index contributed by atoms with van der Waals surface area (Å²) in [5, 5.41) is 0.884. The maximum Gasteiger partial charge on any atom is 0.263 e. The van der Waals surface area contributed by atoms with E-state index in [2.05, 4.69) is 4.98 Å². The molecule has 0 bridgehead atoms. The number of alkyl halides is 2. The molecule has 0 amide bonds. The molecule has 0 saturated carbocycles.